The van der Waals surface area contributed by atoms with Gasteiger partial charge in [0.2, 0.25) is 0 Å². The second-order valence-corrected chi connectivity index (χ2v) is 6.42. The minimum absolute atomic E-state index is 0.294. The van der Waals surface area contributed by atoms with Crippen molar-refractivity contribution < 1.29 is 14.6 Å². The molecule has 0 aliphatic heterocycles. The maximum Gasteiger partial charge on any atom is 0.308 e. The first-order chi connectivity index (χ1) is 11.2. The normalized spacial score (nSPS) is 12.7. The van der Waals surface area contributed by atoms with E-state index in [1.54, 1.807) is 0 Å². The molecule has 0 spiro atoms. The number of hydrogen-bond acceptors (Lipinski definition) is 3. The average Bonchev–Trinajstić information content (AvgIpc) is 2.50. The number of carbonyl (C=O) groups is 1. The van der Waals surface area contributed by atoms with Gasteiger partial charge in [-0.05, 0) is 39.0 Å². The zero-order valence-electron chi connectivity index (χ0n) is 15.4. The van der Waals surface area contributed by atoms with Crippen LogP contribution in [0.3, 0.4) is 0 Å². The van der Waals surface area contributed by atoms with Crippen molar-refractivity contribution in [2.24, 2.45) is 0 Å². The lowest BCUT2D eigenvalue weighted by Gasteiger charge is -2.06. The van der Waals surface area contributed by atoms with Crippen LogP contribution in [0.25, 0.3) is 0 Å². The van der Waals surface area contributed by atoms with Crippen molar-refractivity contribution in [2.75, 3.05) is 0 Å². The van der Waals surface area contributed by atoms with Gasteiger partial charge in [-0.1, -0.05) is 70.4 Å². The summed E-state index contributed by atoms with van der Waals surface area (Å²) >= 11 is 0. The summed E-state index contributed by atoms with van der Waals surface area (Å²) in [7, 11) is 0. The topological polar surface area (TPSA) is 46.5 Å². The molecule has 0 aliphatic rings. The fourth-order valence-corrected chi connectivity index (χ4v) is 2.59. The Hall–Kier alpha value is -0.830. The van der Waals surface area contributed by atoms with Gasteiger partial charge in [0.1, 0.15) is 0 Å². The number of carbonyl (C=O) groups excluding carboxylic acids is 1. The zero-order valence-corrected chi connectivity index (χ0v) is 15.4. The molecule has 0 saturated heterocycles. The summed E-state index contributed by atoms with van der Waals surface area (Å²) in [4.78, 5) is 11.2. The number of unbranched alkanes of at least 4 members (excludes halogenated alkanes) is 11. The molecule has 3 nitrogen and oxygen atoms in total. The minimum atomic E-state index is -0.981. The van der Waals surface area contributed by atoms with Crippen molar-refractivity contribution in [1.82, 2.24) is 0 Å². The minimum Gasteiger partial charge on any atom is -0.436 e. The van der Waals surface area contributed by atoms with E-state index in [-0.39, 0.29) is 5.97 Å². The summed E-state index contributed by atoms with van der Waals surface area (Å²) in [5, 5.41) is 8.90. The van der Waals surface area contributed by atoms with E-state index in [9.17, 15) is 4.79 Å². The molecule has 0 radical (unpaired) electrons. The van der Waals surface area contributed by atoms with Crippen LogP contribution in [0.15, 0.2) is 12.2 Å². The molecule has 0 fully saturated rings. The average molecular weight is 327 g/mol. The quantitative estimate of drug-likeness (QED) is 0.166. The molecule has 0 amide bonds. The highest BCUT2D eigenvalue weighted by Crippen LogP contribution is 2.10. The third-order valence-electron chi connectivity index (χ3n) is 3.94. The Morgan fingerprint density at radius 3 is 1.87 bits per heavy atom. The van der Waals surface area contributed by atoms with Crippen molar-refractivity contribution in [3.8, 4) is 0 Å². The molecule has 1 atom stereocenters. The van der Waals surface area contributed by atoms with Crippen LogP contribution in [0.2, 0.25) is 0 Å². The lowest BCUT2D eigenvalue weighted by atomic mass is 10.1. The van der Waals surface area contributed by atoms with Crippen LogP contribution in [-0.2, 0) is 9.53 Å². The number of esters is 1. The zero-order chi connectivity index (χ0) is 17.2. The number of rotatable bonds is 16. The molecule has 136 valence electrons. The summed E-state index contributed by atoms with van der Waals surface area (Å²) < 4.78 is 4.68. The first kappa shape index (κ1) is 22.2. The molecular weight excluding hydrogens is 288 g/mol. The fraction of sp³-hybridized carbons (Fsp3) is 0.850. The Morgan fingerprint density at radius 2 is 1.35 bits per heavy atom. The van der Waals surface area contributed by atoms with Crippen molar-refractivity contribution in [1.29, 1.82) is 0 Å². The van der Waals surface area contributed by atoms with E-state index >= 15 is 0 Å². The molecule has 0 saturated carbocycles. The van der Waals surface area contributed by atoms with Gasteiger partial charge in [0.15, 0.2) is 6.29 Å². The molecule has 0 bridgehead atoms. The first-order valence-electron chi connectivity index (χ1n) is 9.69. The summed E-state index contributed by atoms with van der Waals surface area (Å²) in [5.74, 6) is -0.294. The molecule has 0 aliphatic carbocycles. The maximum absolute atomic E-state index is 11.2. The second kappa shape index (κ2) is 17.5. The van der Waals surface area contributed by atoms with Crippen molar-refractivity contribution in [2.45, 2.75) is 110 Å². The summed E-state index contributed by atoms with van der Waals surface area (Å²) in [5.41, 5.74) is 0. The van der Waals surface area contributed by atoms with Gasteiger partial charge in [-0.15, -0.1) is 0 Å². The van der Waals surface area contributed by atoms with E-state index in [0.717, 1.165) is 12.8 Å². The van der Waals surface area contributed by atoms with Gasteiger partial charge >= 0.3 is 5.97 Å². The van der Waals surface area contributed by atoms with Gasteiger partial charge in [-0.3, -0.25) is 4.79 Å². The molecular formula is C20H38O3. The maximum atomic E-state index is 11.2. The van der Waals surface area contributed by atoms with Gasteiger partial charge in [0, 0.05) is 6.42 Å². The smallest absolute Gasteiger partial charge is 0.308 e. The third kappa shape index (κ3) is 19.1. The second-order valence-electron chi connectivity index (χ2n) is 6.42. The first-order valence-corrected chi connectivity index (χ1v) is 9.69. The Labute approximate surface area is 143 Å². The largest absolute Gasteiger partial charge is 0.436 e. The molecule has 0 aromatic rings. The summed E-state index contributed by atoms with van der Waals surface area (Å²) in [6.45, 7) is 3.71. The van der Waals surface area contributed by atoms with Gasteiger partial charge in [0.05, 0.1) is 0 Å². The molecule has 1 unspecified atom stereocenters. The predicted molar refractivity (Wildman–Crippen MR) is 97.2 cm³/mol. The lowest BCUT2D eigenvalue weighted by Crippen LogP contribution is -2.13. The molecule has 1 N–H and O–H groups in total. The number of aliphatic hydroxyl groups is 1. The highest BCUT2D eigenvalue weighted by Gasteiger charge is 2.05. The fourth-order valence-electron chi connectivity index (χ4n) is 2.59. The van der Waals surface area contributed by atoms with E-state index in [4.69, 9.17) is 5.11 Å². The van der Waals surface area contributed by atoms with E-state index in [1.807, 2.05) is 0 Å². The van der Waals surface area contributed by atoms with Gasteiger partial charge in [-0.25, -0.2) is 0 Å². The highest BCUT2D eigenvalue weighted by atomic mass is 16.6. The number of allylic oxidation sites excluding steroid dienone is 2. The summed E-state index contributed by atoms with van der Waals surface area (Å²) in [6.07, 6.45) is 20.3. The van der Waals surface area contributed by atoms with Crippen LogP contribution >= 0.6 is 0 Å². The number of hydrogen-bond donors (Lipinski definition) is 1. The Kier molecular flexibility index (Phi) is 16.9. The van der Waals surface area contributed by atoms with Crippen LogP contribution in [0.5, 0.6) is 0 Å². The SMILES string of the molecule is CCCCCCCCC=CCCCCCCCC(=O)OC(C)O. The van der Waals surface area contributed by atoms with Crippen LogP contribution in [0, 0.1) is 0 Å². The molecule has 0 heterocycles. The number of ether oxygens (including phenoxy) is 1. The predicted octanol–water partition coefficient (Wildman–Crippen LogP) is 5.91. The van der Waals surface area contributed by atoms with Crippen LogP contribution < -0.4 is 0 Å². The standard InChI is InChI=1S/C20H38O3/c1-3-4-5-6-7-8-9-10-11-12-13-14-15-16-17-18-20(22)23-19(2)21/h10-11,19,21H,3-9,12-18H2,1-2H3. The molecule has 0 aromatic carbocycles. The van der Waals surface area contributed by atoms with Crippen LogP contribution in [0.1, 0.15) is 104 Å². The lowest BCUT2D eigenvalue weighted by molar-refractivity contribution is -0.164. The monoisotopic (exact) mass is 326 g/mol. The van der Waals surface area contributed by atoms with Gasteiger partial charge in [-0.2, -0.15) is 0 Å². The highest BCUT2D eigenvalue weighted by molar-refractivity contribution is 5.69. The Bertz CT molecular complexity index is 285. The van der Waals surface area contributed by atoms with Gasteiger partial charge in [0.25, 0.3) is 0 Å². The molecule has 23 heavy (non-hydrogen) atoms. The Balaban J connectivity index is 3.18. The Morgan fingerprint density at radius 1 is 0.870 bits per heavy atom. The molecule has 0 aromatic heterocycles. The van der Waals surface area contributed by atoms with Crippen LogP contribution in [-0.4, -0.2) is 17.4 Å². The van der Waals surface area contributed by atoms with Gasteiger partial charge < -0.3 is 9.84 Å². The summed E-state index contributed by atoms with van der Waals surface area (Å²) in [6, 6.07) is 0. The van der Waals surface area contributed by atoms with Crippen molar-refractivity contribution >= 4 is 5.97 Å². The number of aliphatic hydroxyl groups excluding tert-OH is 1. The van der Waals surface area contributed by atoms with E-state index in [0.29, 0.717) is 6.42 Å². The van der Waals surface area contributed by atoms with E-state index < -0.39 is 6.29 Å². The van der Waals surface area contributed by atoms with Crippen molar-refractivity contribution in [3.05, 3.63) is 12.2 Å². The van der Waals surface area contributed by atoms with E-state index in [2.05, 4.69) is 23.8 Å². The van der Waals surface area contributed by atoms with E-state index in [1.165, 1.54) is 77.6 Å². The van der Waals surface area contributed by atoms with Crippen LogP contribution in [0.4, 0.5) is 0 Å². The molecule has 3 heteroatoms. The van der Waals surface area contributed by atoms with Crippen molar-refractivity contribution in [3.63, 3.8) is 0 Å². The molecule has 0 rings (SSSR count). The third-order valence-corrected chi connectivity index (χ3v) is 3.94.